The standard InChI is InChI=1S/C89H109ClN12O26S/c1-38(2)22-56(92-7)80(112)101-71-73(107)45-11-18-59(39(3)23-45)124-61-32-49-33-62(77(61)128-87-78(76(110)75(109)63(37-103)126-87)127-65-36-89(6,91)79(111)41(5)123-65)125-60-19-12-46(31-55(60)90)74(108)72-86(118)100-70(84(116)97-67-47-26-42-25-43(28-47)29-48(67)27-42)54-34-51(104)24-40(4)66(54)53-30-44(10-17-58(53)105)68(82(114)102-72)99-83(115)69(49)98-81(113)57(95-85(71)117)35-64(106)96-88(119)94-50-13-15-52(16-14-50)122-21-9-20-93-129(8,120)121/h10-19,23-24,30-34,38,41-43,47-48,56-57,63,65,67-76,78-79,87,92-93,103-105,107-111H,9,20-22,25-29,35-37,91H2,1-8H3,(H,95,117)(H,97,116)(H,98,113)(H,99,115)(H,100,118)(H,101,112)(H,102,114)(H2,94,96,106,119)/t41-,42?,43?,47?,48?,56+,57-,63+,65-,67?,68+,69+,70-,71+,72-,73+,74+,75+,76-,78+,79+,87-,89-/m0/s1. The summed E-state index contributed by atoms with van der Waals surface area (Å²) < 4.78 is 70.6. The number of nitrogens with two attached hydrogens (primary N) is 1. The minimum absolute atomic E-state index is 0.0584. The largest absolute Gasteiger partial charge is 0.508 e. The van der Waals surface area contributed by atoms with E-state index >= 15 is 28.8 Å². The number of carbonyl (C=O) groups excluding carboxylic acids is 9. The van der Waals surface area contributed by atoms with Gasteiger partial charge in [-0.1, -0.05) is 43.6 Å². The molecule has 40 heteroatoms. The fraction of sp³-hybridized carbons (Fsp3) is 0.494. The molecule has 4 aliphatic carbocycles. The van der Waals surface area contributed by atoms with Crippen LogP contribution in [-0.4, -0.2) is 221 Å². The Labute approximate surface area is 747 Å². The van der Waals surface area contributed by atoms with Gasteiger partial charge in [-0.25, -0.2) is 17.9 Å². The molecule has 18 atom stereocenters. The highest BCUT2D eigenvalue weighted by atomic mass is 35.5. The van der Waals surface area contributed by atoms with E-state index < -0.39 is 214 Å². The summed E-state index contributed by atoms with van der Waals surface area (Å²) in [4.78, 5) is 139. The van der Waals surface area contributed by atoms with Crippen molar-refractivity contribution in [3.8, 4) is 57.1 Å². The summed E-state index contributed by atoms with van der Waals surface area (Å²) in [6.07, 6.45) is -12.9. The average molecular weight is 1830 g/mol. The lowest BCUT2D eigenvalue weighted by Gasteiger charge is -2.54. The van der Waals surface area contributed by atoms with Crippen molar-refractivity contribution >= 4 is 80.6 Å². The first kappa shape index (κ1) is 94.2. The predicted octanol–water partition coefficient (Wildman–Crippen LogP) is 3.40. The number of phenols is 2. The number of sulfonamides is 1. The summed E-state index contributed by atoms with van der Waals surface area (Å²) in [5, 5.41) is 121. The summed E-state index contributed by atoms with van der Waals surface area (Å²) in [5.41, 5.74) is 4.63. The van der Waals surface area contributed by atoms with Crippen molar-refractivity contribution in [2.45, 2.75) is 215 Å². The van der Waals surface area contributed by atoms with Crippen LogP contribution in [0.25, 0.3) is 11.1 Å². The van der Waals surface area contributed by atoms with Crippen LogP contribution < -0.4 is 82.6 Å². The third-order valence-electron chi connectivity index (χ3n) is 25.1. The molecule has 15 bridgehead atoms. The highest BCUT2D eigenvalue weighted by molar-refractivity contribution is 7.88. The van der Waals surface area contributed by atoms with Crippen LogP contribution in [0.1, 0.15) is 155 Å². The third-order valence-corrected chi connectivity index (χ3v) is 26.1. The van der Waals surface area contributed by atoms with Crippen LogP contribution in [0.3, 0.4) is 0 Å². The molecule has 11 aliphatic rings. The number of amides is 10. The number of aromatic hydroxyl groups is 2. The number of phenolic OH excluding ortho intramolecular Hbond substituents is 2. The Hall–Kier alpha value is -10.9. The zero-order chi connectivity index (χ0) is 92.7. The van der Waals surface area contributed by atoms with Crippen molar-refractivity contribution < 1.29 is 126 Å². The van der Waals surface area contributed by atoms with Crippen LogP contribution in [-0.2, 0) is 62.6 Å². The van der Waals surface area contributed by atoms with Crippen molar-refractivity contribution in [3.63, 3.8) is 0 Å². The topological polar surface area (TPSA) is 573 Å². The Morgan fingerprint density at radius 3 is 1.98 bits per heavy atom. The summed E-state index contributed by atoms with van der Waals surface area (Å²) in [7, 11) is -1.98. The monoisotopic (exact) mass is 1830 g/mol. The molecular weight excluding hydrogens is 1720 g/mol. The molecule has 17 rings (SSSR count). The van der Waals surface area contributed by atoms with Gasteiger partial charge < -0.3 is 128 Å². The molecule has 6 fully saturated rings. The lowest BCUT2D eigenvalue weighted by Crippen LogP contribution is -2.64. The molecule has 0 aromatic heterocycles. The van der Waals surface area contributed by atoms with Crippen LogP contribution in [0.15, 0.2) is 103 Å². The van der Waals surface area contributed by atoms with Gasteiger partial charge in [-0.05, 0) is 239 Å². The molecular formula is C89H109ClN12O26S. The SMILES string of the molecule is CN[C@H](CC(C)C)C(=O)N[C@H]1C(=O)N[C@@H](CC(=O)NC(=O)Nc2ccc(OCCCNS(C)(=O)=O)cc2)C(=O)N[C@H]2C(=O)N[C@H]3C(=O)N[C@H](C(=O)N[C@H](C(=O)NC4C5CC6CC(C5)CC4C6)c4cc(O)cc(C)c4-c4cc3ccc4O)[C@H](O)c3ccc(c(Cl)c3)Oc3cc2cc(c3O[C@@H]2O[C@H](CO)[C@@H](O)[C@H](O)[C@H]2O[C@H]2C[C@](C)(N)[C@H](O)[C@H](C)O2)Oc2ccc(cc2C)[C@H]1O. The first-order chi connectivity index (χ1) is 61.2. The second kappa shape index (κ2) is 39.0. The number of ether oxygens (including phenoxy) is 7. The summed E-state index contributed by atoms with van der Waals surface area (Å²) in [5.74, 6) is -11.3. The maximum absolute atomic E-state index is 16.7. The number of halogens is 1. The quantitative estimate of drug-likeness (QED) is 0.0459. The van der Waals surface area contributed by atoms with Gasteiger partial charge in [-0.15, -0.1) is 0 Å². The van der Waals surface area contributed by atoms with Gasteiger partial charge in [0, 0.05) is 35.8 Å². The van der Waals surface area contributed by atoms with Crippen molar-refractivity contribution in [2.24, 2.45) is 35.3 Å². The molecule has 0 unspecified atom stereocenters. The molecule has 6 aromatic rings. The van der Waals surface area contributed by atoms with E-state index in [1.165, 1.54) is 119 Å². The number of urea groups is 1. The summed E-state index contributed by atoms with van der Waals surface area (Å²) in [6, 6.07) is 6.37. The van der Waals surface area contributed by atoms with Gasteiger partial charge in [-0.2, -0.15) is 0 Å². The number of benzene rings is 6. The van der Waals surface area contributed by atoms with Crippen LogP contribution in [0.4, 0.5) is 10.5 Å². The molecule has 6 aromatic carbocycles. The predicted molar refractivity (Wildman–Crippen MR) is 461 cm³/mol. The minimum atomic E-state index is -3.46. The minimum Gasteiger partial charge on any atom is -0.508 e. The average Bonchev–Trinajstić information content (AvgIpc) is 0.760. The molecule has 2 saturated heterocycles. The number of aliphatic hydroxyl groups excluding tert-OH is 6. The van der Waals surface area contributed by atoms with Crippen LogP contribution in [0, 0.1) is 43.4 Å². The Bertz CT molecular complexity index is 5370. The fourth-order valence-corrected chi connectivity index (χ4v) is 19.6. The fourth-order valence-electron chi connectivity index (χ4n) is 18.8. The van der Waals surface area contributed by atoms with E-state index in [1.54, 1.807) is 6.92 Å². The molecule has 4 saturated carbocycles. The number of hydrogen-bond donors (Lipinski definition) is 20. The number of likely N-dealkylation sites (N-methyl/N-ethyl adjacent to an activating group) is 1. The van der Waals surface area contributed by atoms with E-state index in [1.807, 2.05) is 13.8 Å². The van der Waals surface area contributed by atoms with Gasteiger partial charge >= 0.3 is 6.03 Å². The van der Waals surface area contributed by atoms with E-state index in [9.17, 15) is 63.7 Å². The first-order valence-corrected chi connectivity index (χ1v) is 45.1. The third kappa shape index (κ3) is 21.3. The molecule has 7 heterocycles. The van der Waals surface area contributed by atoms with Crippen LogP contribution >= 0.6 is 11.6 Å². The number of imide groups is 1. The van der Waals surface area contributed by atoms with E-state index in [0.717, 1.165) is 50.5 Å². The highest BCUT2D eigenvalue weighted by Gasteiger charge is 2.53. The number of hydrogen-bond acceptors (Lipinski definition) is 28. The normalized spacial score (nSPS) is 29.9. The molecule has 129 heavy (non-hydrogen) atoms. The van der Waals surface area contributed by atoms with Crippen LogP contribution in [0.2, 0.25) is 5.02 Å². The molecule has 10 amide bonds. The molecule has 7 aliphatic heterocycles. The van der Waals surface area contributed by atoms with E-state index in [4.69, 9.17) is 50.5 Å². The molecule has 694 valence electrons. The zero-order valence-electron chi connectivity index (χ0n) is 71.9. The number of rotatable bonds is 21. The Morgan fingerprint density at radius 2 is 1.34 bits per heavy atom. The Morgan fingerprint density at radius 1 is 0.698 bits per heavy atom. The maximum atomic E-state index is 16.7. The number of nitrogens with one attached hydrogen (secondary N) is 11. The van der Waals surface area contributed by atoms with Gasteiger partial charge in [0.05, 0.1) is 49.2 Å². The van der Waals surface area contributed by atoms with Crippen molar-refractivity contribution in [2.75, 3.05) is 38.4 Å². The first-order valence-electron chi connectivity index (χ1n) is 42.8. The Balaban J connectivity index is 0.937. The maximum Gasteiger partial charge on any atom is 0.325 e. The second-order valence-corrected chi connectivity index (χ2v) is 37.6. The number of anilines is 1. The smallest absolute Gasteiger partial charge is 0.325 e. The number of aliphatic hydroxyl groups is 6. The van der Waals surface area contributed by atoms with E-state index in [-0.39, 0.29) is 122 Å². The van der Waals surface area contributed by atoms with Gasteiger partial charge in [0.15, 0.2) is 23.9 Å². The summed E-state index contributed by atoms with van der Waals surface area (Å²) >= 11 is 7.33. The second-order valence-electron chi connectivity index (χ2n) is 35.4. The number of aryl methyl sites for hydroxylation is 2. The Kier molecular flexibility index (Phi) is 28.5. The summed E-state index contributed by atoms with van der Waals surface area (Å²) in [6.45, 7) is 8.96. The molecule has 38 nitrogen and oxygen atoms in total. The van der Waals surface area contributed by atoms with Crippen molar-refractivity contribution in [1.82, 2.24) is 52.6 Å². The van der Waals surface area contributed by atoms with Crippen LogP contribution in [0.5, 0.6) is 46.0 Å². The van der Waals surface area contributed by atoms with Gasteiger partial charge in [0.1, 0.15) is 95.5 Å². The lowest BCUT2D eigenvalue weighted by molar-refractivity contribution is -0.333. The number of fused-ring (bicyclic) bond motifs is 15. The highest BCUT2D eigenvalue weighted by Crippen LogP contribution is 2.55. The van der Waals surface area contributed by atoms with Gasteiger partial charge in [0.25, 0.3) is 0 Å². The van der Waals surface area contributed by atoms with Crippen molar-refractivity contribution in [1.29, 1.82) is 0 Å². The van der Waals surface area contributed by atoms with E-state index in [2.05, 4.69) is 57.9 Å². The van der Waals surface area contributed by atoms with Gasteiger partial charge in [0.2, 0.25) is 69.3 Å². The lowest BCUT2D eigenvalue weighted by atomic mass is 9.54. The molecule has 21 N–H and O–H groups in total. The van der Waals surface area contributed by atoms with Crippen molar-refractivity contribution in [3.05, 3.63) is 147 Å². The number of carbonyl (C=O) groups is 9. The molecule has 0 spiro atoms. The van der Waals surface area contributed by atoms with Gasteiger partial charge in [-0.3, -0.25) is 43.7 Å². The zero-order valence-corrected chi connectivity index (χ0v) is 73.4. The molecule has 0 radical (unpaired) electrons. The van der Waals surface area contributed by atoms with E-state index in [0.29, 0.717) is 24.0 Å².